The van der Waals surface area contributed by atoms with E-state index in [9.17, 15) is 13.6 Å². The number of halogens is 2. The van der Waals surface area contributed by atoms with E-state index in [0.717, 1.165) is 18.4 Å². The SMILES string of the molecule is CCC(=O)[C@@]12CC[C@@H](c3cc(-c4c(F)cccc4F)nnc31)C2(C)C. The van der Waals surface area contributed by atoms with Gasteiger partial charge in [0.25, 0.3) is 0 Å². The first-order valence-electron chi connectivity index (χ1n) is 8.70. The number of aromatic nitrogens is 2. The van der Waals surface area contributed by atoms with Crippen LogP contribution in [0.15, 0.2) is 24.3 Å². The number of carbonyl (C=O) groups excluding carboxylic acids is 1. The molecule has 2 atom stereocenters. The topological polar surface area (TPSA) is 42.9 Å². The number of nitrogens with zero attached hydrogens (tertiary/aromatic N) is 2. The Labute approximate surface area is 145 Å². The first-order valence-corrected chi connectivity index (χ1v) is 8.70. The van der Waals surface area contributed by atoms with Crippen LogP contribution in [0.25, 0.3) is 11.3 Å². The summed E-state index contributed by atoms with van der Waals surface area (Å²) in [4.78, 5) is 12.8. The molecule has 25 heavy (non-hydrogen) atoms. The van der Waals surface area contributed by atoms with E-state index in [4.69, 9.17) is 0 Å². The second-order valence-electron chi connectivity index (χ2n) is 7.63. The summed E-state index contributed by atoms with van der Waals surface area (Å²) >= 11 is 0. The minimum atomic E-state index is -0.656. The predicted octanol–water partition coefficient (Wildman–Crippen LogP) is 4.56. The molecule has 0 unspecified atom stereocenters. The Morgan fingerprint density at radius 2 is 1.92 bits per heavy atom. The van der Waals surface area contributed by atoms with Crippen molar-refractivity contribution in [2.24, 2.45) is 5.41 Å². The van der Waals surface area contributed by atoms with Gasteiger partial charge in [-0.3, -0.25) is 4.79 Å². The van der Waals surface area contributed by atoms with Crippen LogP contribution in [0.1, 0.15) is 57.2 Å². The van der Waals surface area contributed by atoms with E-state index in [-0.39, 0.29) is 28.4 Å². The number of ketones is 1. The number of hydrogen-bond acceptors (Lipinski definition) is 3. The molecule has 1 saturated carbocycles. The van der Waals surface area contributed by atoms with Gasteiger partial charge < -0.3 is 0 Å². The van der Waals surface area contributed by atoms with E-state index < -0.39 is 17.0 Å². The third-order valence-electron chi connectivity index (χ3n) is 6.40. The fourth-order valence-corrected chi connectivity index (χ4v) is 5.11. The molecule has 1 aromatic heterocycles. The van der Waals surface area contributed by atoms with E-state index in [1.807, 2.05) is 6.92 Å². The van der Waals surface area contributed by atoms with Gasteiger partial charge in [-0.15, -0.1) is 5.10 Å². The molecule has 0 radical (unpaired) electrons. The Kier molecular flexibility index (Phi) is 3.37. The van der Waals surface area contributed by atoms with Crippen molar-refractivity contribution in [1.29, 1.82) is 0 Å². The van der Waals surface area contributed by atoms with Crippen LogP contribution < -0.4 is 0 Å². The normalized spacial score (nSPS) is 25.9. The Bertz CT molecular complexity index is 873. The van der Waals surface area contributed by atoms with Crippen LogP contribution in [-0.2, 0) is 10.2 Å². The van der Waals surface area contributed by atoms with Crippen molar-refractivity contribution in [1.82, 2.24) is 10.2 Å². The zero-order chi connectivity index (χ0) is 18.0. The Hall–Kier alpha value is -2.17. The lowest BCUT2D eigenvalue weighted by molar-refractivity contribution is -0.127. The van der Waals surface area contributed by atoms with E-state index in [2.05, 4.69) is 24.0 Å². The quantitative estimate of drug-likeness (QED) is 0.821. The molecule has 0 aliphatic heterocycles. The maximum atomic E-state index is 14.1. The number of rotatable bonds is 3. The molecule has 2 aromatic rings. The average molecular weight is 342 g/mol. The summed E-state index contributed by atoms with van der Waals surface area (Å²) in [6.45, 7) is 6.07. The number of hydrogen-bond donors (Lipinski definition) is 0. The molecular weight excluding hydrogens is 322 g/mol. The molecule has 1 heterocycles. The van der Waals surface area contributed by atoms with Crippen molar-refractivity contribution in [3.05, 3.63) is 47.2 Å². The fraction of sp³-hybridized carbons (Fsp3) is 0.450. The standard InChI is InChI=1S/C20H20F2N2O/c1-4-16(25)20-9-8-12(19(20,2)3)11-10-15(23-24-18(11)20)17-13(21)6-5-7-14(17)22/h5-7,10,12H,4,8-9H2,1-3H3/t12-,20-/m0/s1. The van der Waals surface area contributed by atoms with Gasteiger partial charge in [0.05, 0.1) is 22.4 Å². The van der Waals surface area contributed by atoms with Gasteiger partial charge in [0.2, 0.25) is 0 Å². The Morgan fingerprint density at radius 3 is 2.56 bits per heavy atom. The number of fused-ring (bicyclic) bond motifs is 5. The van der Waals surface area contributed by atoms with Crippen LogP contribution in [0, 0.1) is 17.0 Å². The Morgan fingerprint density at radius 1 is 1.24 bits per heavy atom. The molecule has 2 aliphatic rings. The Balaban J connectivity index is 1.93. The summed E-state index contributed by atoms with van der Waals surface area (Å²) in [7, 11) is 0. The summed E-state index contributed by atoms with van der Waals surface area (Å²) in [5.41, 5.74) is 0.780. The van der Waals surface area contributed by atoms with Crippen molar-refractivity contribution in [2.75, 3.05) is 0 Å². The first kappa shape index (κ1) is 16.3. The van der Waals surface area contributed by atoms with Gasteiger partial charge in [0.1, 0.15) is 17.4 Å². The molecule has 130 valence electrons. The van der Waals surface area contributed by atoms with Crippen LogP contribution in [0.3, 0.4) is 0 Å². The number of benzene rings is 1. The van der Waals surface area contributed by atoms with Crippen LogP contribution >= 0.6 is 0 Å². The van der Waals surface area contributed by atoms with Crippen molar-refractivity contribution >= 4 is 5.78 Å². The highest BCUT2D eigenvalue weighted by molar-refractivity contribution is 5.93. The summed E-state index contributed by atoms with van der Waals surface area (Å²) in [5.74, 6) is -0.980. The van der Waals surface area contributed by atoms with Crippen molar-refractivity contribution in [3.63, 3.8) is 0 Å². The van der Waals surface area contributed by atoms with Crippen LogP contribution in [0.5, 0.6) is 0 Å². The molecule has 0 amide bonds. The fourth-order valence-electron chi connectivity index (χ4n) is 5.11. The summed E-state index contributed by atoms with van der Waals surface area (Å²) < 4.78 is 28.2. The summed E-state index contributed by atoms with van der Waals surface area (Å²) in [5, 5.41) is 8.44. The van der Waals surface area contributed by atoms with Gasteiger partial charge in [0.15, 0.2) is 0 Å². The van der Waals surface area contributed by atoms with Gasteiger partial charge >= 0.3 is 0 Å². The third-order valence-corrected chi connectivity index (χ3v) is 6.40. The van der Waals surface area contributed by atoms with Crippen LogP contribution in [0.4, 0.5) is 8.78 Å². The minimum Gasteiger partial charge on any atom is -0.299 e. The molecule has 3 nitrogen and oxygen atoms in total. The highest BCUT2D eigenvalue weighted by Gasteiger charge is 2.66. The maximum Gasteiger partial charge on any atom is 0.145 e. The van der Waals surface area contributed by atoms with Gasteiger partial charge in [-0.2, -0.15) is 5.10 Å². The van der Waals surface area contributed by atoms with Crippen molar-refractivity contribution in [2.45, 2.75) is 51.4 Å². The van der Waals surface area contributed by atoms with E-state index >= 15 is 0 Å². The molecule has 1 aromatic carbocycles. The van der Waals surface area contributed by atoms with Crippen LogP contribution in [0.2, 0.25) is 0 Å². The van der Waals surface area contributed by atoms with E-state index in [1.165, 1.54) is 18.2 Å². The lowest BCUT2D eigenvalue weighted by Crippen LogP contribution is -2.43. The monoisotopic (exact) mass is 342 g/mol. The minimum absolute atomic E-state index is 0.155. The molecule has 0 spiro atoms. The number of Topliss-reactive ketones (excluding diaryl/α,β-unsaturated/α-hetero) is 1. The molecule has 0 saturated heterocycles. The molecule has 2 aliphatic carbocycles. The third kappa shape index (κ3) is 1.87. The second kappa shape index (κ2) is 5.16. The maximum absolute atomic E-state index is 14.1. The highest BCUT2D eigenvalue weighted by atomic mass is 19.1. The van der Waals surface area contributed by atoms with Crippen molar-refractivity contribution < 1.29 is 13.6 Å². The molecule has 1 fully saturated rings. The first-order chi connectivity index (χ1) is 11.8. The molecule has 0 N–H and O–H groups in total. The van der Waals surface area contributed by atoms with Crippen LogP contribution in [-0.4, -0.2) is 16.0 Å². The predicted molar refractivity (Wildman–Crippen MR) is 90.1 cm³/mol. The van der Waals surface area contributed by atoms with Crippen molar-refractivity contribution in [3.8, 4) is 11.3 Å². The lowest BCUT2D eigenvalue weighted by Gasteiger charge is -2.36. The van der Waals surface area contributed by atoms with E-state index in [0.29, 0.717) is 12.1 Å². The molecule has 5 heteroatoms. The zero-order valence-electron chi connectivity index (χ0n) is 14.6. The summed E-state index contributed by atoms with van der Waals surface area (Å²) in [6, 6.07) is 5.49. The van der Waals surface area contributed by atoms with Gasteiger partial charge in [-0.25, -0.2) is 8.78 Å². The average Bonchev–Trinajstić information content (AvgIpc) is 2.96. The van der Waals surface area contributed by atoms with Gasteiger partial charge in [-0.1, -0.05) is 26.8 Å². The molecular formula is C20H20F2N2O. The highest BCUT2D eigenvalue weighted by Crippen LogP contribution is 2.67. The number of carbonyl (C=O) groups is 1. The smallest absolute Gasteiger partial charge is 0.145 e. The largest absolute Gasteiger partial charge is 0.299 e. The zero-order valence-corrected chi connectivity index (χ0v) is 14.6. The lowest BCUT2D eigenvalue weighted by atomic mass is 9.65. The van der Waals surface area contributed by atoms with Gasteiger partial charge in [0, 0.05) is 6.42 Å². The summed E-state index contributed by atoms with van der Waals surface area (Å²) in [6.07, 6.45) is 2.10. The molecule has 2 bridgehead atoms. The van der Waals surface area contributed by atoms with E-state index in [1.54, 1.807) is 6.07 Å². The van der Waals surface area contributed by atoms with Gasteiger partial charge in [-0.05, 0) is 47.9 Å². The second-order valence-corrected chi connectivity index (χ2v) is 7.63. The molecule has 4 rings (SSSR count).